The molecule has 4 aromatic rings. The summed E-state index contributed by atoms with van der Waals surface area (Å²) in [5, 5.41) is 6.25. The van der Waals surface area contributed by atoms with Gasteiger partial charge in [0.15, 0.2) is 0 Å². The molecule has 12 nitrogen and oxygen atoms in total. The van der Waals surface area contributed by atoms with E-state index in [0.717, 1.165) is 67.0 Å². The average molecular weight is 706 g/mol. The Morgan fingerprint density at radius 2 is 1.50 bits per heavy atom. The molecule has 5 aliphatic heterocycles. The summed E-state index contributed by atoms with van der Waals surface area (Å²) in [6.07, 6.45) is 4.58. The summed E-state index contributed by atoms with van der Waals surface area (Å²) in [6.45, 7) is 6.00. The van der Waals surface area contributed by atoms with Crippen molar-refractivity contribution >= 4 is 11.8 Å². The second-order valence-corrected chi connectivity index (χ2v) is 14.8. The lowest BCUT2D eigenvalue weighted by Crippen LogP contribution is -2.67. The van der Waals surface area contributed by atoms with Crippen LogP contribution in [0.3, 0.4) is 0 Å². The Morgan fingerprint density at radius 1 is 0.865 bits per heavy atom. The molecular weight excluding hydrogens is 665 g/mol. The average Bonchev–Trinajstić information content (AvgIpc) is 3.84. The summed E-state index contributed by atoms with van der Waals surface area (Å²) in [6, 6.07) is 12.8. The number of amides is 2. The van der Waals surface area contributed by atoms with Gasteiger partial charge in [0.2, 0.25) is 23.6 Å². The van der Waals surface area contributed by atoms with Gasteiger partial charge < -0.3 is 24.8 Å². The van der Waals surface area contributed by atoms with Crippen molar-refractivity contribution in [2.45, 2.75) is 56.3 Å². The monoisotopic (exact) mass is 705 g/mol. The summed E-state index contributed by atoms with van der Waals surface area (Å²) in [5.74, 6) is 1.29. The number of benzene rings is 2. The molecule has 5 aliphatic rings. The molecule has 9 rings (SSSR count). The Morgan fingerprint density at radius 3 is 2.17 bits per heavy atom. The predicted molar refractivity (Wildman–Crippen MR) is 189 cm³/mol. The van der Waals surface area contributed by atoms with Crippen LogP contribution in [0.4, 0.5) is 4.39 Å². The van der Waals surface area contributed by atoms with Crippen LogP contribution in [-0.4, -0.2) is 94.6 Å². The summed E-state index contributed by atoms with van der Waals surface area (Å²) < 4.78 is 34.2. The van der Waals surface area contributed by atoms with E-state index in [1.54, 1.807) is 38.6 Å². The highest BCUT2D eigenvalue weighted by Gasteiger charge is 2.52. The number of likely N-dealkylation sites (tertiary alicyclic amines) is 2. The topological polar surface area (TPSA) is 131 Å². The highest BCUT2D eigenvalue weighted by molar-refractivity contribution is 5.81. The van der Waals surface area contributed by atoms with Gasteiger partial charge >= 0.3 is 0 Å². The fraction of sp³-hybridized carbons (Fsp3) is 0.410. The van der Waals surface area contributed by atoms with E-state index in [-0.39, 0.29) is 28.9 Å². The van der Waals surface area contributed by atoms with Crippen LogP contribution in [0.5, 0.6) is 17.5 Å². The Hall–Kier alpha value is -5.14. The normalized spacial score (nSPS) is 21.3. The van der Waals surface area contributed by atoms with Crippen LogP contribution < -0.4 is 24.8 Å². The number of rotatable bonds is 8. The van der Waals surface area contributed by atoms with Crippen molar-refractivity contribution in [3.05, 3.63) is 71.3 Å². The molecule has 0 bridgehead atoms. The molecule has 0 unspecified atom stereocenters. The first-order valence-corrected chi connectivity index (χ1v) is 17.8. The molecule has 7 heterocycles. The second-order valence-electron chi connectivity index (χ2n) is 14.8. The lowest BCUT2D eigenvalue weighted by atomic mass is 9.86. The number of hydrogen-bond acceptors (Lipinski definition) is 10. The molecule has 268 valence electrons. The first-order chi connectivity index (χ1) is 25.2. The van der Waals surface area contributed by atoms with Crippen LogP contribution in [0, 0.1) is 12.7 Å². The van der Waals surface area contributed by atoms with E-state index in [9.17, 15) is 9.59 Å². The third-order valence-electron chi connectivity index (χ3n) is 11.4. The maximum absolute atomic E-state index is 16.6. The first kappa shape index (κ1) is 32.7. The van der Waals surface area contributed by atoms with Crippen LogP contribution in [0.15, 0.2) is 48.7 Å². The molecule has 2 amide bonds. The molecule has 1 atom stereocenters. The molecular formula is C39H40FN7O5. The van der Waals surface area contributed by atoms with Gasteiger partial charge in [-0.25, -0.2) is 14.4 Å². The van der Waals surface area contributed by atoms with Crippen molar-refractivity contribution in [3.63, 3.8) is 0 Å². The largest absolute Gasteiger partial charge is 0.491 e. The molecule has 13 heteroatoms. The van der Waals surface area contributed by atoms with E-state index in [1.165, 1.54) is 0 Å². The molecule has 2 spiro atoms. The van der Waals surface area contributed by atoms with Gasteiger partial charge in [-0.15, -0.1) is 0 Å². The molecule has 2 aromatic heterocycles. The highest BCUT2D eigenvalue weighted by Crippen LogP contribution is 2.47. The third kappa shape index (κ3) is 5.36. The van der Waals surface area contributed by atoms with Crippen molar-refractivity contribution in [3.8, 4) is 51.2 Å². The minimum Gasteiger partial charge on any atom is -0.491 e. The zero-order valence-corrected chi connectivity index (χ0v) is 29.4. The van der Waals surface area contributed by atoms with E-state index in [4.69, 9.17) is 29.2 Å². The van der Waals surface area contributed by atoms with E-state index < -0.39 is 5.82 Å². The Bertz CT molecular complexity index is 2130. The standard InChI is InChI=1S/C39H40FN7O5/c1-22-23(6-4-7-24(22)28-15-41-29(36(43-28)50-2)16-46-18-38(19-46)12-10-32(48)44-38)25-8-5-9-26(35(25)40)27-14-31-34(37(42-27)51-3)30(17-52-31)47-20-39(21-47)13-11-33(49)45-39/h4-9,14-15,30H,10-13,16-21H2,1-3H3,(H,44,48)(H,45,49)/t30-/m0/s1. The zero-order valence-electron chi connectivity index (χ0n) is 29.4. The van der Waals surface area contributed by atoms with Gasteiger partial charge in [0.05, 0.1) is 54.5 Å². The number of hydrogen-bond donors (Lipinski definition) is 2. The number of fused-ring (bicyclic) bond motifs is 1. The third-order valence-corrected chi connectivity index (χ3v) is 11.4. The SMILES string of the molecule is COc1nc(-c2cccc(-c3cccc(-c4cc5c(c(OC)n4)[C@@H](N4CC6(CCC(=O)N6)C4)CO5)c3F)c2C)cnc1CN1CC2(CCC(=O)N2)C1. The van der Waals surface area contributed by atoms with Crippen molar-refractivity contribution in [1.29, 1.82) is 0 Å². The summed E-state index contributed by atoms with van der Waals surface area (Å²) in [7, 11) is 3.15. The maximum Gasteiger partial charge on any atom is 0.237 e. The number of carbonyl (C=O) groups excluding carboxylic acids is 2. The number of pyridine rings is 1. The van der Waals surface area contributed by atoms with Gasteiger partial charge in [0, 0.05) is 68.3 Å². The number of nitrogens with zero attached hydrogens (tertiary/aromatic N) is 5. The Balaban J connectivity index is 0.973. The summed E-state index contributed by atoms with van der Waals surface area (Å²) in [4.78, 5) is 42.5. The fourth-order valence-corrected chi connectivity index (χ4v) is 8.82. The predicted octanol–water partition coefficient (Wildman–Crippen LogP) is 4.20. The van der Waals surface area contributed by atoms with Gasteiger partial charge in [0.1, 0.15) is 23.9 Å². The second kappa shape index (κ2) is 12.2. The lowest BCUT2D eigenvalue weighted by molar-refractivity contribution is -0.121. The van der Waals surface area contributed by atoms with Gasteiger partial charge in [-0.3, -0.25) is 24.4 Å². The van der Waals surface area contributed by atoms with E-state index in [1.807, 2.05) is 31.2 Å². The van der Waals surface area contributed by atoms with Crippen molar-refractivity contribution < 1.29 is 28.2 Å². The smallest absolute Gasteiger partial charge is 0.237 e. The van der Waals surface area contributed by atoms with Crippen LogP contribution in [0.1, 0.15) is 48.5 Å². The van der Waals surface area contributed by atoms with Gasteiger partial charge in [-0.05, 0) is 37.0 Å². The molecule has 0 saturated carbocycles. The molecule has 52 heavy (non-hydrogen) atoms. The number of aromatic nitrogens is 3. The minimum absolute atomic E-state index is 0.0593. The molecule has 4 fully saturated rings. The van der Waals surface area contributed by atoms with Gasteiger partial charge in [-0.2, -0.15) is 0 Å². The van der Waals surface area contributed by atoms with Crippen LogP contribution in [0.2, 0.25) is 0 Å². The maximum atomic E-state index is 16.6. The number of nitrogens with one attached hydrogen (secondary N) is 2. The number of carbonyl (C=O) groups is 2. The van der Waals surface area contributed by atoms with E-state index in [0.29, 0.717) is 66.0 Å². The molecule has 4 saturated heterocycles. The Labute approximate surface area is 300 Å². The van der Waals surface area contributed by atoms with Gasteiger partial charge in [0.25, 0.3) is 0 Å². The van der Waals surface area contributed by atoms with Crippen LogP contribution in [0.25, 0.3) is 33.6 Å². The lowest BCUT2D eigenvalue weighted by Gasteiger charge is -2.50. The minimum atomic E-state index is -0.404. The molecule has 0 aliphatic carbocycles. The molecule has 2 aromatic carbocycles. The Kier molecular flexibility index (Phi) is 7.70. The zero-order chi connectivity index (χ0) is 35.8. The van der Waals surface area contributed by atoms with Crippen LogP contribution in [-0.2, 0) is 16.1 Å². The van der Waals surface area contributed by atoms with Crippen molar-refractivity contribution in [2.24, 2.45) is 0 Å². The summed E-state index contributed by atoms with van der Waals surface area (Å²) >= 11 is 0. The van der Waals surface area contributed by atoms with Crippen molar-refractivity contribution in [1.82, 2.24) is 35.4 Å². The van der Waals surface area contributed by atoms with Crippen LogP contribution >= 0.6 is 0 Å². The first-order valence-electron chi connectivity index (χ1n) is 17.8. The summed E-state index contributed by atoms with van der Waals surface area (Å²) in [5.41, 5.74) is 5.51. The van der Waals surface area contributed by atoms with E-state index in [2.05, 4.69) is 20.4 Å². The number of ether oxygens (including phenoxy) is 3. The van der Waals surface area contributed by atoms with Crippen molar-refractivity contribution in [2.75, 3.05) is 47.0 Å². The van der Waals surface area contributed by atoms with E-state index >= 15 is 4.39 Å². The molecule has 2 N–H and O–H groups in total. The molecule has 0 radical (unpaired) electrons. The number of methoxy groups -OCH3 is 2. The van der Waals surface area contributed by atoms with Gasteiger partial charge in [-0.1, -0.05) is 30.3 Å². The highest BCUT2D eigenvalue weighted by atomic mass is 19.1. The quantitative estimate of drug-likeness (QED) is 0.275. The number of halogens is 1. The fourth-order valence-electron chi connectivity index (χ4n) is 8.82.